The van der Waals surface area contributed by atoms with Gasteiger partial charge in [0.25, 0.3) is 0 Å². The lowest BCUT2D eigenvalue weighted by atomic mass is 9.85. The van der Waals surface area contributed by atoms with Crippen molar-refractivity contribution in [3.8, 4) is 0 Å². The summed E-state index contributed by atoms with van der Waals surface area (Å²) in [6, 6.07) is 10.2. The molecule has 5 nitrogen and oxygen atoms in total. The minimum absolute atomic E-state index is 0.0527. The molecule has 0 radical (unpaired) electrons. The highest BCUT2D eigenvalue weighted by atomic mass is 16.5. The summed E-state index contributed by atoms with van der Waals surface area (Å²) in [6.45, 7) is 6.85. The van der Waals surface area contributed by atoms with Gasteiger partial charge in [-0.2, -0.15) is 0 Å². The lowest BCUT2D eigenvalue weighted by molar-refractivity contribution is -0.151. The summed E-state index contributed by atoms with van der Waals surface area (Å²) >= 11 is 0. The smallest absolute Gasteiger partial charge is 0.311 e. The van der Waals surface area contributed by atoms with Crippen molar-refractivity contribution in [1.29, 1.82) is 0 Å². The molecule has 0 spiro atoms. The predicted molar refractivity (Wildman–Crippen MR) is 86.9 cm³/mol. The number of benzene rings is 1. The first-order valence-corrected chi connectivity index (χ1v) is 8.33. The third-order valence-electron chi connectivity index (χ3n) is 5.04. The first-order chi connectivity index (χ1) is 11.1. The second-order valence-corrected chi connectivity index (χ2v) is 6.32. The molecule has 0 saturated carbocycles. The monoisotopic (exact) mass is 316 g/mol. The molecule has 3 rings (SSSR count). The highest BCUT2D eigenvalue weighted by Crippen LogP contribution is 2.39. The van der Waals surface area contributed by atoms with Gasteiger partial charge in [0.05, 0.1) is 12.5 Å². The Hall–Kier alpha value is -1.88. The maximum atomic E-state index is 12.6. The topological polar surface area (TPSA) is 49.9 Å². The van der Waals surface area contributed by atoms with Gasteiger partial charge >= 0.3 is 5.97 Å². The summed E-state index contributed by atoms with van der Waals surface area (Å²) < 4.78 is 5.35. The van der Waals surface area contributed by atoms with E-state index in [0.717, 1.165) is 19.6 Å². The average Bonchev–Trinajstić information content (AvgIpc) is 2.94. The van der Waals surface area contributed by atoms with Crippen LogP contribution in [0.2, 0.25) is 0 Å². The molecule has 2 aliphatic rings. The van der Waals surface area contributed by atoms with Crippen molar-refractivity contribution in [3.63, 3.8) is 0 Å². The number of fused-ring (bicyclic) bond motifs is 1. The molecular formula is C18H24N2O3. The Labute approximate surface area is 137 Å². The van der Waals surface area contributed by atoms with Crippen molar-refractivity contribution in [1.82, 2.24) is 9.80 Å². The van der Waals surface area contributed by atoms with E-state index in [1.54, 1.807) is 6.92 Å². The number of rotatable bonds is 3. The Balaban J connectivity index is 1.89. The summed E-state index contributed by atoms with van der Waals surface area (Å²) in [5.74, 6) is -0.138. The summed E-state index contributed by atoms with van der Waals surface area (Å²) in [5.41, 5.74) is 1.18. The zero-order valence-corrected chi connectivity index (χ0v) is 13.8. The van der Waals surface area contributed by atoms with Gasteiger partial charge in [-0.15, -0.1) is 0 Å². The third kappa shape index (κ3) is 3.11. The molecule has 3 atom stereocenters. The second kappa shape index (κ2) is 6.71. The van der Waals surface area contributed by atoms with Crippen molar-refractivity contribution >= 4 is 11.9 Å². The van der Waals surface area contributed by atoms with Crippen LogP contribution in [0.15, 0.2) is 30.3 Å². The maximum absolute atomic E-state index is 12.6. The SMILES string of the molecule is CCOC(=O)[C@@H]1[C@@H](c2ccccc2)CN2CCN(C(C)=O)C[C@H]12. The molecule has 2 aliphatic heterocycles. The van der Waals surface area contributed by atoms with Gasteiger partial charge in [-0.05, 0) is 12.5 Å². The molecule has 0 N–H and O–H groups in total. The lowest BCUT2D eigenvalue weighted by Gasteiger charge is -2.38. The van der Waals surface area contributed by atoms with Crippen molar-refractivity contribution < 1.29 is 14.3 Å². The Morgan fingerprint density at radius 2 is 1.91 bits per heavy atom. The number of carbonyl (C=O) groups excluding carboxylic acids is 2. The fourth-order valence-electron chi connectivity index (χ4n) is 3.91. The van der Waals surface area contributed by atoms with Crippen LogP contribution in [0.5, 0.6) is 0 Å². The summed E-state index contributed by atoms with van der Waals surface area (Å²) in [6.07, 6.45) is 0. The van der Waals surface area contributed by atoms with Gasteiger partial charge in [-0.25, -0.2) is 0 Å². The van der Waals surface area contributed by atoms with Crippen LogP contribution in [0.4, 0.5) is 0 Å². The summed E-state index contributed by atoms with van der Waals surface area (Å²) in [5, 5.41) is 0. The van der Waals surface area contributed by atoms with Crippen LogP contribution in [0, 0.1) is 5.92 Å². The summed E-state index contributed by atoms with van der Waals surface area (Å²) in [7, 11) is 0. The van der Waals surface area contributed by atoms with Crippen molar-refractivity contribution in [2.75, 3.05) is 32.8 Å². The fraction of sp³-hybridized carbons (Fsp3) is 0.556. The summed E-state index contributed by atoms with van der Waals surface area (Å²) in [4.78, 5) is 28.5. The molecule has 0 unspecified atom stereocenters. The van der Waals surface area contributed by atoms with E-state index in [-0.39, 0.29) is 29.8 Å². The van der Waals surface area contributed by atoms with E-state index in [1.165, 1.54) is 5.56 Å². The van der Waals surface area contributed by atoms with Gasteiger partial charge < -0.3 is 9.64 Å². The number of hydrogen-bond donors (Lipinski definition) is 0. The van der Waals surface area contributed by atoms with E-state index in [1.807, 2.05) is 30.0 Å². The highest BCUT2D eigenvalue weighted by molar-refractivity contribution is 5.76. The van der Waals surface area contributed by atoms with Crippen molar-refractivity contribution in [3.05, 3.63) is 35.9 Å². The van der Waals surface area contributed by atoms with Gasteiger partial charge in [-0.1, -0.05) is 30.3 Å². The van der Waals surface area contributed by atoms with Gasteiger partial charge in [0.2, 0.25) is 5.91 Å². The molecule has 1 amide bonds. The molecule has 0 aromatic heterocycles. The van der Waals surface area contributed by atoms with Crippen LogP contribution in [0.1, 0.15) is 25.3 Å². The molecule has 0 bridgehead atoms. The van der Waals surface area contributed by atoms with Crippen LogP contribution in [0.3, 0.4) is 0 Å². The second-order valence-electron chi connectivity index (χ2n) is 6.32. The van der Waals surface area contributed by atoms with Crippen molar-refractivity contribution in [2.45, 2.75) is 25.8 Å². The quantitative estimate of drug-likeness (QED) is 0.793. The number of amides is 1. The average molecular weight is 316 g/mol. The molecule has 5 heteroatoms. The first kappa shape index (κ1) is 16.0. The molecular weight excluding hydrogens is 292 g/mol. The van der Waals surface area contributed by atoms with E-state index in [0.29, 0.717) is 13.2 Å². The highest BCUT2D eigenvalue weighted by Gasteiger charge is 2.49. The maximum Gasteiger partial charge on any atom is 0.311 e. The Bertz CT molecular complexity index is 575. The Morgan fingerprint density at radius 1 is 1.17 bits per heavy atom. The zero-order chi connectivity index (χ0) is 16.4. The molecule has 2 heterocycles. The predicted octanol–water partition coefficient (Wildman–Crippen LogP) is 1.50. The number of nitrogens with zero attached hydrogens (tertiary/aromatic N) is 2. The molecule has 124 valence electrons. The number of esters is 1. The number of piperazine rings is 1. The van der Waals surface area contributed by atoms with Crippen LogP contribution in [0.25, 0.3) is 0 Å². The standard InChI is InChI=1S/C18H24N2O3/c1-3-23-18(22)17-15(14-7-5-4-6-8-14)11-20-10-9-19(13(2)21)12-16(17)20/h4-8,15-17H,3,9-12H2,1-2H3/t15-,16-,17-/m1/s1. The van der Waals surface area contributed by atoms with Gasteiger partial charge in [-0.3, -0.25) is 14.5 Å². The largest absolute Gasteiger partial charge is 0.466 e. The van der Waals surface area contributed by atoms with Gasteiger partial charge in [0.15, 0.2) is 0 Å². The minimum Gasteiger partial charge on any atom is -0.466 e. The molecule has 23 heavy (non-hydrogen) atoms. The van der Waals surface area contributed by atoms with E-state index >= 15 is 0 Å². The fourth-order valence-corrected chi connectivity index (χ4v) is 3.91. The van der Waals surface area contributed by atoms with Gasteiger partial charge in [0.1, 0.15) is 0 Å². The molecule has 0 aliphatic carbocycles. The van der Waals surface area contributed by atoms with E-state index in [4.69, 9.17) is 4.74 Å². The van der Waals surface area contributed by atoms with Gasteiger partial charge in [0, 0.05) is 45.1 Å². The zero-order valence-electron chi connectivity index (χ0n) is 13.8. The molecule has 1 aromatic rings. The molecule has 2 saturated heterocycles. The van der Waals surface area contributed by atoms with Crippen molar-refractivity contribution in [2.24, 2.45) is 5.92 Å². The van der Waals surface area contributed by atoms with Crippen LogP contribution >= 0.6 is 0 Å². The van der Waals surface area contributed by atoms with E-state index < -0.39 is 0 Å². The van der Waals surface area contributed by atoms with Crippen LogP contribution in [-0.4, -0.2) is 60.5 Å². The Kier molecular flexibility index (Phi) is 4.66. The normalized spacial score (nSPS) is 27.6. The number of hydrogen-bond acceptors (Lipinski definition) is 4. The van der Waals surface area contributed by atoms with E-state index in [2.05, 4.69) is 17.0 Å². The first-order valence-electron chi connectivity index (χ1n) is 8.33. The Morgan fingerprint density at radius 3 is 2.57 bits per heavy atom. The van der Waals surface area contributed by atoms with Crippen LogP contribution < -0.4 is 0 Å². The molecule has 2 fully saturated rings. The third-order valence-corrected chi connectivity index (χ3v) is 5.04. The molecule has 1 aromatic carbocycles. The van der Waals surface area contributed by atoms with E-state index in [9.17, 15) is 9.59 Å². The minimum atomic E-state index is -0.209. The number of carbonyl (C=O) groups is 2. The number of ether oxygens (including phenoxy) is 1. The van der Waals surface area contributed by atoms with Crippen LogP contribution in [-0.2, 0) is 14.3 Å². The lowest BCUT2D eigenvalue weighted by Crippen LogP contribution is -2.54.